The molecule has 19 heavy (non-hydrogen) atoms. The van der Waals surface area contributed by atoms with Crippen LogP contribution in [-0.2, 0) is 11.3 Å². The van der Waals surface area contributed by atoms with Crippen LogP contribution in [0.1, 0.15) is 28.8 Å². The van der Waals surface area contributed by atoms with Crippen LogP contribution in [-0.4, -0.2) is 36.3 Å². The number of hydrogen-bond donors (Lipinski definition) is 2. The maximum absolute atomic E-state index is 12.2. The monoisotopic (exact) mass is 261 g/mol. The number of carbonyl (C=O) groups excluding carboxylic acids is 2. The number of rotatable bonds is 5. The quantitative estimate of drug-likeness (QED) is 0.810. The summed E-state index contributed by atoms with van der Waals surface area (Å²) in [7, 11) is 1.63. The van der Waals surface area contributed by atoms with Crippen molar-refractivity contribution in [3.8, 4) is 0 Å². The number of likely N-dealkylation sites (N-methyl/N-ethyl adjacent to an activating group) is 1. The van der Waals surface area contributed by atoms with Gasteiger partial charge in [0.1, 0.15) is 0 Å². The lowest BCUT2D eigenvalue weighted by Gasteiger charge is -2.17. The zero-order chi connectivity index (χ0) is 13.8. The van der Waals surface area contributed by atoms with E-state index in [0.29, 0.717) is 18.2 Å². The highest BCUT2D eigenvalue weighted by Gasteiger charge is 2.24. The molecule has 0 heterocycles. The number of nitrogens with two attached hydrogens (primary N) is 1. The normalized spacial score (nSPS) is 14.0. The molecule has 0 saturated heterocycles. The lowest BCUT2D eigenvalue weighted by molar-refractivity contribution is -0.121. The van der Waals surface area contributed by atoms with Gasteiger partial charge in [-0.15, -0.1) is 0 Å². The SMILES string of the molecule is CN(CC(=O)NC1CC1)C(=O)c1cccc(CN)c1. The van der Waals surface area contributed by atoms with E-state index >= 15 is 0 Å². The van der Waals surface area contributed by atoms with Gasteiger partial charge < -0.3 is 16.0 Å². The molecule has 0 atom stereocenters. The summed E-state index contributed by atoms with van der Waals surface area (Å²) in [6.45, 7) is 0.481. The van der Waals surface area contributed by atoms with Crippen molar-refractivity contribution in [3.63, 3.8) is 0 Å². The molecular weight excluding hydrogens is 242 g/mol. The highest BCUT2D eigenvalue weighted by atomic mass is 16.2. The van der Waals surface area contributed by atoms with Crippen molar-refractivity contribution in [2.75, 3.05) is 13.6 Å². The van der Waals surface area contributed by atoms with Gasteiger partial charge in [-0.1, -0.05) is 12.1 Å². The second-order valence-electron chi connectivity index (χ2n) is 4.91. The van der Waals surface area contributed by atoms with Crippen LogP contribution >= 0.6 is 0 Å². The third-order valence-corrected chi connectivity index (χ3v) is 3.08. The molecule has 0 aromatic heterocycles. The predicted octanol–water partition coefficient (Wildman–Crippen LogP) is 0.496. The first-order valence-corrected chi connectivity index (χ1v) is 6.44. The molecule has 5 heteroatoms. The number of hydrogen-bond acceptors (Lipinski definition) is 3. The average molecular weight is 261 g/mol. The van der Waals surface area contributed by atoms with Crippen LogP contribution in [0.15, 0.2) is 24.3 Å². The van der Waals surface area contributed by atoms with Gasteiger partial charge in [0.15, 0.2) is 0 Å². The number of nitrogens with zero attached hydrogens (tertiary/aromatic N) is 1. The Morgan fingerprint density at radius 2 is 2.16 bits per heavy atom. The molecule has 2 amide bonds. The van der Waals surface area contributed by atoms with Crippen LogP contribution in [0.5, 0.6) is 0 Å². The molecule has 1 saturated carbocycles. The third-order valence-electron chi connectivity index (χ3n) is 3.08. The first-order chi connectivity index (χ1) is 9.10. The minimum absolute atomic E-state index is 0.0855. The highest BCUT2D eigenvalue weighted by Crippen LogP contribution is 2.18. The molecule has 1 aromatic rings. The lowest BCUT2D eigenvalue weighted by Crippen LogP contribution is -2.39. The van der Waals surface area contributed by atoms with E-state index in [1.807, 2.05) is 6.07 Å². The van der Waals surface area contributed by atoms with Gasteiger partial charge in [0, 0.05) is 25.2 Å². The minimum Gasteiger partial charge on any atom is -0.352 e. The summed E-state index contributed by atoms with van der Waals surface area (Å²) in [5.74, 6) is -0.269. The second-order valence-corrected chi connectivity index (χ2v) is 4.91. The molecule has 1 fully saturated rings. The van der Waals surface area contributed by atoms with E-state index in [-0.39, 0.29) is 18.4 Å². The standard InChI is InChI=1S/C14H19N3O2/c1-17(9-13(18)16-12-5-6-12)14(19)11-4-2-3-10(7-11)8-15/h2-4,7,12H,5-6,8-9,15H2,1H3,(H,16,18). The molecule has 3 N–H and O–H groups in total. The van der Waals surface area contributed by atoms with E-state index in [1.54, 1.807) is 25.2 Å². The van der Waals surface area contributed by atoms with E-state index in [1.165, 1.54) is 4.90 Å². The zero-order valence-electron chi connectivity index (χ0n) is 11.1. The van der Waals surface area contributed by atoms with Gasteiger partial charge in [0.25, 0.3) is 5.91 Å². The van der Waals surface area contributed by atoms with Gasteiger partial charge in [0.05, 0.1) is 6.54 Å². The predicted molar refractivity (Wildman–Crippen MR) is 72.5 cm³/mol. The summed E-state index contributed by atoms with van der Waals surface area (Å²) in [6, 6.07) is 7.48. The van der Waals surface area contributed by atoms with Gasteiger partial charge in [-0.05, 0) is 30.5 Å². The molecule has 0 bridgehead atoms. The molecule has 1 aliphatic rings. The lowest BCUT2D eigenvalue weighted by atomic mass is 10.1. The summed E-state index contributed by atoms with van der Waals surface area (Å²) >= 11 is 0. The van der Waals surface area contributed by atoms with Gasteiger partial charge >= 0.3 is 0 Å². The van der Waals surface area contributed by atoms with Crippen LogP contribution in [0.3, 0.4) is 0 Å². The van der Waals surface area contributed by atoms with Crippen LogP contribution in [0.4, 0.5) is 0 Å². The van der Waals surface area contributed by atoms with Crippen molar-refractivity contribution in [2.24, 2.45) is 5.73 Å². The number of amides is 2. The Kier molecular flexibility index (Phi) is 4.16. The molecule has 0 aliphatic heterocycles. The molecule has 5 nitrogen and oxygen atoms in total. The fourth-order valence-electron chi connectivity index (χ4n) is 1.84. The smallest absolute Gasteiger partial charge is 0.254 e. The Hall–Kier alpha value is -1.88. The Morgan fingerprint density at radius 3 is 2.79 bits per heavy atom. The van der Waals surface area contributed by atoms with Crippen molar-refractivity contribution in [1.29, 1.82) is 0 Å². The van der Waals surface area contributed by atoms with Crippen molar-refractivity contribution in [3.05, 3.63) is 35.4 Å². The second kappa shape index (κ2) is 5.84. The van der Waals surface area contributed by atoms with Crippen molar-refractivity contribution >= 4 is 11.8 Å². The number of carbonyl (C=O) groups is 2. The average Bonchev–Trinajstić information content (AvgIpc) is 3.21. The summed E-state index contributed by atoms with van der Waals surface area (Å²) in [5, 5.41) is 2.86. The van der Waals surface area contributed by atoms with E-state index in [2.05, 4.69) is 5.32 Å². The van der Waals surface area contributed by atoms with Crippen LogP contribution < -0.4 is 11.1 Å². The van der Waals surface area contributed by atoms with E-state index in [9.17, 15) is 9.59 Å². The van der Waals surface area contributed by atoms with Crippen LogP contribution in [0.2, 0.25) is 0 Å². The molecule has 2 rings (SSSR count). The summed E-state index contributed by atoms with van der Waals surface area (Å²) < 4.78 is 0. The first kappa shape index (κ1) is 13.5. The van der Waals surface area contributed by atoms with E-state index < -0.39 is 0 Å². The van der Waals surface area contributed by atoms with Gasteiger partial charge in [-0.3, -0.25) is 9.59 Å². The van der Waals surface area contributed by atoms with E-state index in [0.717, 1.165) is 18.4 Å². The number of benzene rings is 1. The minimum atomic E-state index is -0.166. The van der Waals surface area contributed by atoms with Gasteiger partial charge in [-0.25, -0.2) is 0 Å². The fourth-order valence-corrected chi connectivity index (χ4v) is 1.84. The van der Waals surface area contributed by atoms with Crippen molar-refractivity contribution < 1.29 is 9.59 Å². The fraction of sp³-hybridized carbons (Fsp3) is 0.429. The summed E-state index contributed by atoms with van der Waals surface area (Å²) in [6.07, 6.45) is 2.09. The Labute approximate surface area is 112 Å². The summed E-state index contributed by atoms with van der Waals surface area (Å²) in [5.41, 5.74) is 7.01. The zero-order valence-corrected chi connectivity index (χ0v) is 11.1. The van der Waals surface area contributed by atoms with Crippen LogP contribution in [0, 0.1) is 0 Å². The van der Waals surface area contributed by atoms with Crippen LogP contribution in [0.25, 0.3) is 0 Å². The van der Waals surface area contributed by atoms with Crippen molar-refractivity contribution in [2.45, 2.75) is 25.4 Å². The van der Waals surface area contributed by atoms with Crippen molar-refractivity contribution in [1.82, 2.24) is 10.2 Å². The Bertz CT molecular complexity index is 483. The molecule has 102 valence electrons. The Morgan fingerprint density at radius 1 is 1.42 bits per heavy atom. The topological polar surface area (TPSA) is 75.4 Å². The third kappa shape index (κ3) is 3.79. The highest BCUT2D eigenvalue weighted by molar-refractivity contribution is 5.96. The molecule has 0 spiro atoms. The Balaban J connectivity index is 1.94. The van der Waals surface area contributed by atoms with E-state index in [4.69, 9.17) is 5.73 Å². The maximum Gasteiger partial charge on any atom is 0.254 e. The van der Waals surface area contributed by atoms with Gasteiger partial charge in [0.2, 0.25) is 5.91 Å². The summed E-state index contributed by atoms with van der Waals surface area (Å²) in [4.78, 5) is 25.2. The molecular formula is C14H19N3O2. The molecule has 0 radical (unpaired) electrons. The maximum atomic E-state index is 12.2. The largest absolute Gasteiger partial charge is 0.352 e. The first-order valence-electron chi connectivity index (χ1n) is 6.44. The molecule has 0 unspecified atom stereocenters. The molecule has 1 aromatic carbocycles. The number of nitrogens with one attached hydrogen (secondary N) is 1. The van der Waals surface area contributed by atoms with Gasteiger partial charge in [-0.2, -0.15) is 0 Å². The molecule has 1 aliphatic carbocycles.